The summed E-state index contributed by atoms with van der Waals surface area (Å²) < 4.78 is 5.47. The van der Waals surface area contributed by atoms with E-state index >= 15 is 0 Å². The highest BCUT2D eigenvalue weighted by Gasteiger charge is 2.36. The van der Waals surface area contributed by atoms with Gasteiger partial charge in [-0.1, -0.05) is 49.0 Å². The number of nitrogens with one attached hydrogen (secondary N) is 2. The lowest BCUT2D eigenvalue weighted by atomic mass is 9.82. The Kier molecular flexibility index (Phi) is 6.24. The zero-order valence-corrected chi connectivity index (χ0v) is 17.4. The fourth-order valence-electron chi connectivity index (χ4n) is 3.23. The monoisotopic (exact) mass is 399 g/mol. The number of H-pyrrole nitrogens is 1. The number of esters is 1. The lowest BCUT2D eigenvalue weighted by molar-refractivity contribution is -0.143. The molecule has 0 radical (unpaired) electrons. The standard InChI is InChI=1S/C21H25N3O3S/c1-5-11-28-21-23-18-17(19(25)24-21)16(14-9-7-6-8-10-14)15(13(4)22-18)20(26)27-12(2)3/h6-10,12,16H,5,11H2,1-4H3,(H2,22,23,24,25)/t16-/m1/s1. The zero-order valence-electron chi connectivity index (χ0n) is 16.5. The van der Waals surface area contributed by atoms with E-state index in [0.717, 1.165) is 17.7 Å². The molecule has 1 aromatic carbocycles. The minimum atomic E-state index is -0.537. The Morgan fingerprint density at radius 2 is 2.00 bits per heavy atom. The highest BCUT2D eigenvalue weighted by Crippen LogP contribution is 2.40. The molecule has 0 fully saturated rings. The van der Waals surface area contributed by atoms with Crippen molar-refractivity contribution in [1.29, 1.82) is 0 Å². The van der Waals surface area contributed by atoms with Crippen LogP contribution >= 0.6 is 11.8 Å². The lowest BCUT2D eigenvalue weighted by Gasteiger charge is -2.29. The maximum atomic E-state index is 13.0. The Morgan fingerprint density at radius 3 is 2.64 bits per heavy atom. The number of aromatic nitrogens is 2. The van der Waals surface area contributed by atoms with Crippen molar-refractivity contribution in [1.82, 2.24) is 9.97 Å². The maximum Gasteiger partial charge on any atom is 0.337 e. The molecular formula is C21H25N3O3S. The first-order chi connectivity index (χ1) is 13.4. The van der Waals surface area contributed by atoms with Crippen molar-refractivity contribution >= 4 is 23.5 Å². The molecule has 0 unspecified atom stereocenters. The predicted molar refractivity (Wildman–Crippen MR) is 112 cm³/mol. The number of anilines is 1. The highest BCUT2D eigenvalue weighted by molar-refractivity contribution is 7.99. The number of ether oxygens (including phenoxy) is 1. The fraction of sp³-hybridized carbons (Fsp3) is 0.381. The molecule has 2 N–H and O–H groups in total. The lowest BCUT2D eigenvalue weighted by Crippen LogP contribution is -2.31. The van der Waals surface area contributed by atoms with E-state index in [0.29, 0.717) is 27.8 Å². The molecule has 0 saturated heterocycles. The number of rotatable bonds is 6. The van der Waals surface area contributed by atoms with Gasteiger partial charge in [-0.05, 0) is 32.8 Å². The molecule has 1 aliphatic heterocycles. The Labute approximate surface area is 168 Å². The predicted octanol–water partition coefficient (Wildman–Crippen LogP) is 4.06. The summed E-state index contributed by atoms with van der Waals surface area (Å²) in [6, 6.07) is 9.51. The average molecular weight is 400 g/mol. The van der Waals surface area contributed by atoms with Gasteiger partial charge in [0.1, 0.15) is 5.82 Å². The second-order valence-corrected chi connectivity index (χ2v) is 8.03. The number of hydrogen-bond donors (Lipinski definition) is 2. The summed E-state index contributed by atoms with van der Waals surface area (Å²) in [5, 5.41) is 3.73. The average Bonchev–Trinajstić information content (AvgIpc) is 2.65. The molecule has 1 aromatic heterocycles. The summed E-state index contributed by atoms with van der Waals surface area (Å²) in [5.74, 6) is 0.397. The fourth-order valence-corrected chi connectivity index (χ4v) is 3.94. The number of aromatic amines is 1. The number of benzene rings is 1. The number of allylic oxidation sites excluding steroid dienone is 1. The SMILES string of the molecule is CCCSc1nc2c(c(=O)[nH]1)[C@H](c1ccccc1)C(C(=O)OC(C)C)=C(C)N2. The second-order valence-electron chi connectivity index (χ2n) is 6.94. The molecule has 1 atom stereocenters. The van der Waals surface area contributed by atoms with Crippen molar-refractivity contribution in [2.75, 3.05) is 11.1 Å². The second kappa shape index (κ2) is 8.65. The van der Waals surface area contributed by atoms with Gasteiger partial charge >= 0.3 is 5.97 Å². The molecule has 0 spiro atoms. The van der Waals surface area contributed by atoms with Gasteiger partial charge in [-0.15, -0.1) is 0 Å². The number of nitrogens with zero attached hydrogens (tertiary/aromatic N) is 1. The van der Waals surface area contributed by atoms with Gasteiger partial charge in [0.2, 0.25) is 0 Å². The molecular weight excluding hydrogens is 374 g/mol. The van der Waals surface area contributed by atoms with E-state index < -0.39 is 11.9 Å². The van der Waals surface area contributed by atoms with Crippen molar-refractivity contribution in [2.45, 2.75) is 51.3 Å². The van der Waals surface area contributed by atoms with Crippen LogP contribution in [0.1, 0.15) is 51.2 Å². The maximum absolute atomic E-state index is 13.0. The Balaban J connectivity index is 2.16. The molecule has 2 heterocycles. The molecule has 3 rings (SSSR count). The molecule has 7 heteroatoms. The third-order valence-electron chi connectivity index (χ3n) is 4.36. The summed E-state index contributed by atoms with van der Waals surface area (Å²) >= 11 is 1.51. The van der Waals surface area contributed by atoms with Crippen molar-refractivity contribution in [3.05, 3.63) is 63.1 Å². The van der Waals surface area contributed by atoms with Crippen LogP contribution in [0.3, 0.4) is 0 Å². The molecule has 6 nitrogen and oxygen atoms in total. The summed E-state index contributed by atoms with van der Waals surface area (Å²) in [4.78, 5) is 33.3. The van der Waals surface area contributed by atoms with Crippen LogP contribution in [0.25, 0.3) is 0 Å². The molecule has 28 heavy (non-hydrogen) atoms. The summed E-state index contributed by atoms with van der Waals surface area (Å²) in [5.41, 5.74) is 2.13. The van der Waals surface area contributed by atoms with E-state index in [4.69, 9.17) is 4.74 Å². The van der Waals surface area contributed by atoms with Crippen LogP contribution in [0.4, 0.5) is 5.82 Å². The van der Waals surface area contributed by atoms with Crippen molar-refractivity contribution in [3.8, 4) is 0 Å². The van der Waals surface area contributed by atoms with Gasteiger partial charge in [-0.2, -0.15) is 0 Å². The number of fused-ring (bicyclic) bond motifs is 1. The number of carbonyl (C=O) groups excluding carboxylic acids is 1. The van der Waals surface area contributed by atoms with Gasteiger partial charge in [0, 0.05) is 11.4 Å². The molecule has 1 aliphatic rings. The first-order valence-corrected chi connectivity index (χ1v) is 10.4. The van der Waals surface area contributed by atoms with Gasteiger partial charge in [-0.3, -0.25) is 4.79 Å². The quantitative estimate of drug-likeness (QED) is 0.433. The largest absolute Gasteiger partial charge is 0.460 e. The van der Waals surface area contributed by atoms with E-state index in [1.54, 1.807) is 13.8 Å². The van der Waals surface area contributed by atoms with Gasteiger partial charge in [-0.25, -0.2) is 9.78 Å². The smallest absolute Gasteiger partial charge is 0.337 e. The van der Waals surface area contributed by atoms with Crippen molar-refractivity contribution in [2.24, 2.45) is 0 Å². The molecule has 0 bridgehead atoms. The number of hydrogen-bond acceptors (Lipinski definition) is 6. The topological polar surface area (TPSA) is 84.1 Å². The number of thioether (sulfide) groups is 1. The third kappa shape index (κ3) is 4.14. The van der Waals surface area contributed by atoms with Crippen LogP contribution in [0.5, 0.6) is 0 Å². The molecule has 148 valence electrons. The number of carbonyl (C=O) groups is 1. The van der Waals surface area contributed by atoms with Crippen LogP contribution in [0.2, 0.25) is 0 Å². The van der Waals surface area contributed by atoms with Gasteiger partial charge in [0.05, 0.1) is 23.2 Å². The van der Waals surface area contributed by atoms with Gasteiger partial charge in [0.25, 0.3) is 5.56 Å². The normalized spacial score (nSPS) is 16.0. The van der Waals surface area contributed by atoms with Crippen molar-refractivity contribution in [3.63, 3.8) is 0 Å². The summed E-state index contributed by atoms with van der Waals surface area (Å²) in [7, 11) is 0. The van der Waals surface area contributed by atoms with E-state index in [1.807, 2.05) is 37.3 Å². The molecule has 0 amide bonds. The first-order valence-electron chi connectivity index (χ1n) is 9.43. The van der Waals surface area contributed by atoms with Crippen LogP contribution in [0.15, 0.2) is 51.6 Å². The summed E-state index contributed by atoms with van der Waals surface area (Å²) in [6.45, 7) is 7.51. The van der Waals surface area contributed by atoms with Crippen LogP contribution in [-0.4, -0.2) is 27.8 Å². The first kappa shape index (κ1) is 20.2. The highest BCUT2D eigenvalue weighted by atomic mass is 32.2. The van der Waals surface area contributed by atoms with Gasteiger partial charge in [0.15, 0.2) is 5.16 Å². The van der Waals surface area contributed by atoms with Gasteiger partial charge < -0.3 is 15.0 Å². The van der Waals surface area contributed by atoms with E-state index in [-0.39, 0.29) is 11.7 Å². The summed E-state index contributed by atoms with van der Waals surface area (Å²) in [6.07, 6.45) is 0.727. The zero-order chi connectivity index (χ0) is 20.3. The van der Waals surface area contributed by atoms with Crippen LogP contribution < -0.4 is 10.9 Å². The minimum absolute atomic E-state index is 0.243. The molecule has 2 aromatic rings. The van der Waals surface area contributed by atoms with E-state index in [2.05, 4.69) is 22.2 Å². The molecule has 0 aliphatic carbocycles. The Bertz CT molecular complexity index is 951. The van der Waals surface area contributed by atoms with Crippen LogP contribution in [0, 0.1) is 0 Å². The van der Waals surface area contributed by atoms with Crippen LogP contribution in [-0.2, 0) is 9.53 Å². The third-order valence-corrected chi connectivity index (χ3v) is 5.44. The Morgan fingerprint density at radius 1 is 1.29 bits per heavy atom. The Hall–Kier alpha value is -2.54. The molecule has 0 saturated carbocycles. The van der Waals surface area contributed by atoms with E-state index in [9.17, 15) is 9.59 Å². The van der Waals surface area contributed by atoms with Crippen molar-refractivity contribution < 1.29 is 9.53 Å². The van der Waals surface area contributed by atoms with E-state index in [1.165, 1.54) is 11.8 Å². The minimum Gasteiger partial charge on any atom is -0.460 e.